The number of halogens is 1. The van der Waals surface area contributed by atoms with E-state index in [4.69, 9.17) is 0 Å². The number of hydrogen-bond acceptors (Lipinski definition) is 2. The SMILES string of the molecule is C=C(NC1c2ccccc21)c1cccc(F)c1NCCC. The highest BCUT2D eigenvalue weighted by Gasteiger charge is 2.32. The summed E-state index contributed by atoms with van der Waals surface area (Å²) in [6.45, 7) is 6.88. The minimum Gasteiger partial charge on any atom is -0.382 e. The number of fused-ring (bicyclic) bond motifs is 1. The topological polar surface area (TPSA) is 24.1 Å². The standard InChI is InChI=1S/C18H19FN2/c1-3-11-20-18-13(9-6-10-16(18)19)12(2)21-17-14-7-4-5-8-15(14)17/h4-10,17,20-21H,2-3,11H2,1H3. The van der Waals surface area contributed by atoms with Crippen molar-refractivity contribution in [3.63, 3.8) is 0 Å². The van der Waals surface area contributed by atoms with E-state index in [2.05, 4.69) is 36.3 Å². The van der Waals surface area contributed by atoms with Crippen molar-refractivity contribution in [3.8, 4) is 0 Å². The summed E-state index contributed by atoms with van der Waals surface area (Å²) in [6.07, 6.45) is 0.946. The first-order valence-electron chi connectivity index (χ1n) is 7.29. The fourth-order valence-electron chi connectivity index (χ4n) is 2.57. The van der Waals surface area contributed by atoms with E-state index in [1.807, 2.05) is 18.2 Å². The number of hydrogen-bond donors (Lipinski definition) is 2. The van der Waals surface area contributed by atoms with Crippen molar-refractivity contribution >= 4 is 11.4 Å². The lowest BCUT2D eigenvalue weighted by Crippen LogP contribution is -2.12. The van der Waals surface area contributed by atoms with Crippen LogP contribution in [-0.2, 0) is 0 Å². The van der Waals surface area contributed by atoms with Gasteiger partial charge < -0.3 is 10.6 Å². The van der Waals surface area contributed by atoms with E-state index in [0.717, 1.165) is 24.2 Å². The molecule has 2 aromatic rings. The fourth-order valence-corrected chi connectivity index (χ4v) is 2.57. The molecule has 0 aliphatic heterocycles. The maximum absolute atomic E-state index is 14.0. The van der Waals surface area contributed by atoms with Gasteiger partial charge >= 0.3 is 0 Å². The van der Waals surface area contributed by atoms with E-state index in [1.54, 1.807) is 6.07 Å². The summed E-state index contributed by atoms with van der Waals surface area (Å²) in [6, 6.07) is 13.6. The molecule has 2 aromatic carbocycles. The fraction of sp³-hybridized carbons (Fsp3) is 0.222. The third kappa shape index (κ3) is 2.64. The van der Waals surface area contributed by atoms with E-state index in [1.165, 1.54) is 17.2 Å². The molecule has 0 saturated carbocycles. The van der Waals surface area contributed by atoms with Crippen molar-refractivity contribution in [1.82, 2.24) is 5.32 Å². The van der Waals surface area contributed by atoms with Gasteiger partial charge in [-0.05, 0) is 23.6 Å². The average molecular weight is 282 g/mol. The van der Waals surface area contributed by atoms with Gasteiger partial charge in [0.15, 0.2) is 0 Å². The quantitative estimate of drug-likeness (QED) is 0.825. The molecule has 0 saturated heterocycles. The molecule has 0 radical (unpaired) electrons. The highest BCUT2D eigenvalue weighted by molar-refractivity contribution is 5.76. The second-order valence-corrected chi connectivity index (χ2v) is 5.27. The number of rotatable bonds is 6. The van der Waals surface area contributed by atoms with Crippen molar-refractivity contribution < 1.29 is 4.39 Å². The van der Waals surface area contributed by atoms with Crippen LogP contribution in [0.2, 0.25) is 0 Å². The monoisotopic (exact) mass is 282 g/mol. The molecule has 21 heavy (non-hydrogen) atoms. The molecule has 0 bridgehead atoms. The van der Waals surface area contributed by atoms with Gasteiger partial charge in [-0.15, -0.1) is 0 Å². The number of anilines is 1. The molecule has 0 aromatic heterocycles. The van der Waals surface area contributed by atoms with Crippen LogP contribution in [0.25, 0.3) is 5.70 Å². The summed E-state index contributed by atoms with van der Waals surface area (Å²) in [5.41, 5.74) is 4.65. The van der Waals surface area contributed by atoms with E-state index < -0.39 is 0 Å². The molecule has 0 fully saturated rings. The lowest BCUT2D eigenvalue weighted by atomic mass is 10.1. The molecule has 0 atom stereocenters. The van der Waals surface area contributed by atoms with Crippen LogP contribution >= 0.6 is 0 Å². The van der Waals surface area contributed by atoms with Crippen molar-refractivity contribution in [2.75, 3.05) is 11.9 Å². The van der Waals surface area contributed by atoms with Crippen molar-refractivity contribution in [3.05, 3.63) is 71.6 Å². The first-order valence-corrected chi connectivity index (χ1v) is 7.29. The lowest BCUT2D eigenvalue weighted by Gasteiger charge is -2.15. The van der Waals surface area contributed by atoms with Crippen LogP contribution in [0.5, 0.6) is 0 Å². The van der Waals surface area contributed by atoms with E-state index in [0.29, 0.717) is 5.69 Å². The smallest absolute Gasteiger partial charge is 0.146 e. The maximum Gasteiger partial charge on any atom is 0.146 e. The minimum absolute atomic E-state index is 0.217. The molecule has 3 heteroatoms. The van der Waals surface area contributed by atoms with Gasteiger partial charge in [-0.25, -0.2) is 4.39 Å². The van der Waals surface area contributed by atoms with Crippen LogP contribution in [-0.4, -0.2) is 6.54 Å². The summed E-state index contributed by atoms with van der Waals surface area (Å²) in [4.78, 5) is 0. The normalized spacial score (nSPS) is 12.7. The Hall–Kier alpha value is -2.29. The molecule has 1 aliphatic carbocycles. The third-order valence-corrected chi connectivity index (χ3v) is 3.74. The third-order valence-electron chi connectivity index (χ3n) is 3.74. The van der Waals surface area contributed by atoms with Crippen molar-refractivity contribution in [2.45, 2.75) is 19.4 Å². The van der Waals surface area contributed by atoms with Crippen LogP contribution in [0.15, 0.2) is 49.0 Å². The van der Waals surface area contributed by atoms with E-state index in [-0.39, 0.29) is 11.9 Å². The van der Waals surface area contributed by atoms with Gasteiger partial charge in [-0.2, -0.15) is 0 Å². The first kappa shape index (κ1) is 13.7. The van der Waals surface area contributed by atoms with E-state index >= 15 is 0 Å². The van der Waals surface area contributed by atoms with Gasteiger partial charge in [0.25, 0.3) is 0 Å². The summed E-state index contributed by atoms with van der Waals surface area (Å²) in [5, 5.41) is 6.53. The molecule has 0 heterocycles. The summed E-state index contributed by atoms with van der Waals surface area (Å²) >= 11 is 0. The van der Waals surface area contributed by atoms with Gasteiger partial charge in [-0.1, -0.05) is 49.9 Å². The van der Waals surface area contributed by atoms with Crippen LogP contribution in [0.1, 0.15) is 36.1 Å². The summed E-state index contributed by atoms with van der Waals surface area (Å²) in [5.74, 6) is -0.239. The van der Waals surface area contributed by atoms with Gasteiger partial charge in [0, 0.05) is 17.8 Å². The van der Waals surface area contributed by atoms with E-state index in [9.17, 15) is 4.39 Å². The average Bonchev–Trinajstić information content (AvgIpc) is 3.19. The molecule has 3 rings (SSSR count). The molecule has 0 unspecified atom stereocenters. The number of para-hydroxylation sites is 1. The molecule has 2 N–H and O–H groups in total. The minimum atomic E-state index is -0.239. The van der Waals surface area contributed by atoms with Crippen LogP contribution < -0.4 is 10.6 Å². The zero-order valence-electron chi connectivity index (χ0n) is 12.1. The van der Waals surface area contributed by atoms with Crippen LogP contribution in [0.4, 0.5) is 10.1 Å². The Labute approximate surface area is 124 Å². The zero-order chi connectivity index (χ0) is 14.8. The number of nitrogens with one attached hydrogen (secondary N) is 2. The zero-order valence-corrected chi connectivity index (χ0v) is 12.1. The van der Waals surface area contributed by atoms with Crippen molar-refractivity contribution in [2.24, 2.45) is 0 Å². The Bertz CT molecular complexity index is 656. The molecule has 2 nitrogen and oxygen atoms in total. The Morgan fingerprint density at radius 2 is 1.86 bits per heavy atom. The van der Waals surface area contributed by atoms with Crippen LogP contribution in [0.3, 0.4) is 0 Å². The highest BCUT2D eigenvalue weighted by atomic mass is 19.1. The molecular formula is C18H19FN2. The predicted octanol–water partition coefficient (Wildman–Crippen LogP) is 4.31. The molecule has 0 amide bonds. The number of benzene rings is 2. The summed E-state index contributed by atoms with van der Waals surface area (Å²) in [7, 11) is 0. The van der Waals surface area contributed by atoms with Gasteiger partial charge in [0.2, 0.25) is 0 Å². The van der Waals surface area contributed by atoms with Gasteiger partial charge in [0.05, 0.1) is 11.7 Å². The van der Waals surface area contributed by atoms with Crippen LogP contribution in [0, 0.1) is 5.82 Å². The predicted molar refractivity (Wildman–Crippen MR) is 85.6 cm³/mol. The Morgan fingerprint density at radius 3 is 2.52 bits per heavy atom. The van der Waals surface area contributed by atoms with Gasteiger partial charge in [-0.3, -0.25) is 0 Å². The first-order chi connectivity index (χ1) is 10.2. The Morgan fingerprint density at radius 1 is 1.14 bits per heavy atom. The van der Waals surface area contributed by atoms with Crippen molar-refractivity contribution in [1.29, 1.82) is 0 Å². The largest absolute Gasteiger partial charge is 0.382 e. The summed E-state index contributed by atoms with van der Waals surface area (Å²) < 4.78 is 14.0. The molecular weight excluding hydrogens is 263 g/mol. The lowest BCUT2D eigenvalue weighted by molar-refractivity contribution is 0.629. The molecule has 108 valence electrons. The Balaban J connectivity index is 1.78. The Kier molecular flexibility index (Phi) is 3.65. The molecule has 1 aliphatic rings. The maximum atomic E-state index is 14.0. The van der Waals surface area contributed by atoms with Gasteiger partial charge in [0.1, 0.15) is 5.82 Å². The molecule has 0 spiro atoms. The second-order valence-electron chi connectivity index (χ2n) is 5.27. The highest BCUT2D eigenvalue weighted by Crippen LogP contribution is 2.42. The second kappa shape index (κ2) is 5.60.